The summed E-state index contributed by atoms with van der Waals surface area (Å²) < 4.78 is 6.12. The Balaban J connectivity index is 1.11. The van der Waals surface area contributed by atoms with Gasteiger partial charge in [-0.15, -0.1) is 0 Å². The molecule has 8 aromatic rings. The molecular weight excluding hydrogens is 534 g/mol. The fourth-order valence-electron chi connectivity index (χ4n) is 6.12. The van der Waals surface area contributed by atoms with E-state index in [0.29, 0.717) is 0 Å². The first kappa shape index (κ1) is 25.8. The largest absolute Gasteiger partial charge is 0.456 e. The van der Waals surface area contributed by atoms with E-state index >= 15 is 0 Å². The normalized spacial score (nSPS) is 11.2. The number of hydrogen-bond donors (Lipinski definition) is 0. The van der Waals surface area contributed by atoms with Crippen LogP contribution in [0.5, 0.6) is 0 Å². The molecule has 2 nitrogen and oxygen atoms in total. The zero-order valence-corrected chi connectivity index (χ0v) is 24.1. The molecule has 0 radical (unpaired) electrons. The lowest BCUT2D eigenvalue weighted by molar-refractivity contribution is 0.669. The van der Waals surface area contributed by atoms with Crippen LogP contribution in [0.25, 0.3) is 55.3 Å². The highest BCUT2D eigenvalue weighted by atomic mass is 16.3. The zero-order chi connectivity index (χ0) is 29.3. The second kappa shape index (κ2) is 11.1. The molecule has 44 heavy (non-hydrogen) atoms. The van der Waals surface area contributed by atoms with Gasteiger partial charge in [0.25, 0.3) is 0 Å². The van der Waals surface area contributed by atoms with E-state index in [1.165, 1.54) is 33.4 Å². The Labute approximate surface area is 257 Å². The lowest BCUT2D eigenvalue weighted by atomic mass is 9.97. The van der Waals surface area contributed by atoms with Crippen LogP contribution in [-0.2, 0) is 0 Å². The summed E-state index contributed by atoms with van der Waals surface area (Å²) >= 11 is 0. The minimum Gasteiger partial charge on any atom is -0.456 e. The molecule has 0 fully saturated rings. The van der Waals surface area contributed by atoms with E-state index in [9.17, 15) is 0 Å². The van der Waals surface area contributed by atoms with Crippen LogP contribution in [0.2, 0.25) is 0 Å². The van der Waals surface area contributed by atoms with Crippen molar-refractivity contribution in [2.45, 2.75) is 0 Å². The van der Waals surface area contributed by atoms with Crippen molar-refractivity contribution in [3.63, 3.8) is 0 Å². The molecule has 8 rings (SSSR count). The maximum Gasteiger partial charge on any atom is 0.136 e. The third-order valence-electron chi connectivity index (χ3n) is 8.30. The van der Waals surface area contributed by atoms with Crippen molar-refractivity contribution in [1.29, 1.82) is 0 Å². The van der Waals surface area contributed by atoms with Crippen LogP contribution in [0.3, 0.4) is 0 Å². The first-order valence-electron chi connectivity index (χ1n) is 14.9. The van der Waals surface area contributed by atoms with E-state index < -0.39 is 0 Å². The van der Waals surface area contributed by atoms with Gasteiger partial charge < -0.3 is 9.32 Å². The van der Waals surface area contributed by atoms with Crippen molar-refractivity contribution in [1.82, 2.24) is 0 Å². The zero-order valence-electron chi connectivity index (χ0n) is 24.1. The van der Waals surface area contributed by atoms with E-state index in [1.54, 1.807) is 0 Å². The lowest BCUT2D eigenvalue weighted by Gasteiger charge is -2.26. The topological polar surface area (TPSA) is 16.4 Å². The third-order valence-corrected chi connectivity index (χ3v) is 8.30. The van der Waals surface area contributed by atoms with E-state index in [0.717, 1.165) is 39.0 Å². The van der Waals surface area contributed by atoms with E-state index in [2.05, 4.69) is 163 Å². The van der Waals surface area contributed by atoms with Gasteiger partial charge in [-0.05, 0) is 81.9 Å². The summed E-state index contributed by atoms with van der Waals surface area (Å²) in [5.41, 5.74) is 12.3. The quantitative estimate of drug-likeness (QED) is 0.200. The van der Waals surface area contributed by atoms with Gasteiger partial charge >= 0.3 is 0 Å². The molecule has 0 N–H and O–H groups in total. The summed E-state index contributed by atoms with van der Waals surface area (Å²) in [4.78, 5) is 2.30. The highest BCUT2D eigenvalue weighted by Crippen LogP contribution is 2.39. The van der Waals surface area contributed by atoms with Gasteiger partial charge in [0.05, 0.1) is 0 Å². The number of rotatable bonds is 6. The molecule has 0 unspecified atom stereocenters. The van der Waals surface area contributed by atoms with Gasteiger partial charge in [-0.25, -0.2) is 0 Å². The molecule has 0 aliphatic rings. The Kier molecular flexibility index (Phi) is 6.51. The minimum atomic E-state index is 0.918. The van der Waals surface area contributed by atoms with Crippen molar-refractivity contribution in [2.24, 2.45) is 0 Å². The molecule has 7 aromatic carbocycles. The fraction of sp³-hybridized carbons (Fsp3) is 0. The van der Waals surface area contributed by atoms with Crippen molar-refractivity contribution in [3.05, 3.63) is 176 Å². The number of anilines is 3. The predicted molar refractivity (Wildman–Crippen MR) is 185 cm³/mol. The first-order chi connectivity index (χ1) is 21.8. The first-order valence-corrected chi connectivity index (χ1v) is 14.9. The van der Waals surface area contributed by atoms with Crippen LogP contribution in [0.15, 0.2) is 180 Å². The molecule has 0 aliphatic carbocycles. The SMILES string of the molecule is c1ccc(-c2ccc(N(c3ccccc3)c3ccc(-c4ccc(-c5cccc6oc7ccccc7c56)cc4)cc3)cc2)cc1. The number of nitrogens with zero attached hydrogens (tertiary/aromatic N) is 1. The second-order valence-electron chi connectivity index (χ2n) is 11.0. The van der Waals surface area contributed by atoms with Crippen molar-refractivity contribution < 1.29 is 4.42 Å². The Morgan fingerprint density at radius 1 is 0.318 bits per heavy atom. The Bertz CT molecular complexity index is 2180. The lowest BCUT2D eigenvalue weighted by Crippen LogP contribution is -2.09. The Morgan fingerprint density at radius 2 is 0.773 bits per heavy atom. The minimum absolute atomic E-state index is 0.918. The smallest absolute Gasteiger partial charge is 0.136 e. The highest BCUT2D eigenvalue weighted by Gasteiger charge is 2.14. The molecule has 2 heteroatoms. The number of para-hydroxylation sites is 2. The van der Waals surface area contributed by atoms with Crippen LogP contribution in [0.1, 0.15) is 0 Å². The highest BCUT2D eigenvalue weighted by molar-refractivity contribution is 6.12. The van der Waals surface area contributed by atoms with Crippen molar-refractivity contribution in [2.75, 3.05) is 4.90 Å². The van der Waals surface area contributed by atoms with E-state index in [4.69, 9.17) is 4.42 Å². The van der Waals surface area contributed by atoms with Crippen LogP contribution in [0.4, 0.5) is 17.1 Å². The molecule has 1 aromatic heterocycles. The van der Waals surface area contributed by atoms with Gasteiger partial charge in [0.1, 0.15) is 11.2 Å². The van der Waals surface area contributed by atoms with Gasteiger partial charge in [0, 0.05) is 27.8 Å². The molecule has 0 spiro atoms. The number of fused-ring (bicyclic) bond motifs is 3. The molecular formula is C42H29NO. The van der Waals surface area contributed by atoms with E-state index in [-0.39, 0.29) is 0 Å². The summed E-state index contributed by atoms with van der Waals surface area (Å²) in [6.45, 7) is 0. The predicted octanol–water partition coefficient (Wildman–Crippen LogP) is 12.1. The number of furan rings is 1. The summed E-state index contributed by atoms with van der Waals surface area (Å²) in [7, 11) is 0. The average Bonchev–Trinajstić information content (AvgIpc) is 3.49. The van der Waals surface area contributed by atoms with Gasteiger partial charge in [0.15, 0.2) is 0 Å². The summed E-state index contributed by atoms with van der Waals surface area (Å²) in [6.07, 6.45) is 0. The maximum atomic E-state index is 6.12. The number of hydrogen-bond acceptors (Lipinski definition) is 2. The summed E-state index contributed by atoms with van der Waals surface area (Å²) in [5.74, 6) is 0. The molecule has 0 saturated carbocycles. The summed E-state index contributed by atoms with van der Waals surface area (Å²) in [6, 6.07) is 62.1. The molecule has 0 saturated heterocycles. The molecule has 0 bridgehead atoms. The summed E-state index contributed by atoms with van der Waals surface area (Å²) in [5, 5.41) is 2.31. The standard InChI is InChI=1S/C42H29NO/c1-3-10-30(11-4-1)32-22-26-36(27-23-32)43(35-12-5-2-6-13-35)37-28-24-33(25-29-37)31-18-20-34(21-19-31)38-15-9-17-41-42(38)39-14-7-8-16-40(39)44-41/h1-29H. The van der Waals surface area contributed by atoms with Gasteiger partial charge in [-0.2, -0.15) is 0 Å². The average molecular weight is 564 g/mol. The third kappa shape index (κ3) is 4.73. The van der Waals surface area contributed by atoms with Crippen molar-refractivity contribution in [3.8, 4) is 33.4 Å². The van der Waals surface area contributed by atoms with Gasteiger partial charge in [-0.1, -0.05) is 127 Å². The van der Waals surface area contributed by atoms with Crippen LogP contribution in [0, 0.1) is 0 Å². The van der Waals surface area contributed by atoms with Crippen LogP contribution < -0.4 is 4.90 Å². The fourth-order valence-corrected chi connectivity index (χ4v) is 6.12. The van der Waals surface area contributed by atoms with Crippen LogP contribution in [-0.4, -0.2) is 0 Å². The molecule has 0 amide bonds. The van der Waals surface area contributed by atoms with Gasteiger partial charge in [-0.3, -0.25) is 0 Å². The molecule has 0 atom stereocenters. The second-order valence-corrected chi connectivity index (χ2v) is 11.0. The Morgan fingerprint density at radius 3 is 1.41 bits per heavy atom. The van der Waals surface area contributed by atoms with Crippen molar-refractivity contribution >= 4 is 39.0 Å². The maximum absolute atomic E-state index is 6.12. The monoisotopic (exact) mass is 563 g/mol. The Hall–Kier alpha value is -5.86. The van der Waals surface area contributed by atoms with E-state index in [1.807, 2.05) is 18.2 Å². The molecule has 208 valence electrons. The number of benzene rings is 7. The molecule has 0 aliphatic heterocycles. The molecule has 1 heterocycles. The van der Waals surface area contributed by atoms with Crippen LogP contribution >= 0.6 is 0 Å². The van der Waals surface area contributed by atoms with Gasteiger partial charge in [0.2, 0.25) is 0 Å².